The van der Waals surface area contributed by atoms with Gasteiger partial charge >= 0.3 is 12.1 Å². The van der Waals surface area contributed by atoms with Gasteiger partial charge in [-0.1, -0.05) is 51.1 Å². The van der Waals surface area contributed by atoms with Gasteiger partial charge in [0.2, 0.25) is 0 Å². The summed E-state index contributed by atoms with van der Waals surface area (Å²) in [5.41, 5.74) is -0.457. The maximum absolute atomic E-state index is 12.4. The van der Waals surface area contributed by atoms with E-state index >= 15 is 0 Å². The zero-order valence-electron chi connectivity index (χ0n) is 14.2. The summed E-state index contributed by atoms with van der Waals surface area (Å²) < 4.78 is 5.32. The van der Waals surface area contributed by atoms with Crippen molar-refractivity contribution in [3.8, 4) is 0 Å². The first-order chi connectivity index (χ1) is 10.7. The topological polar surface area (TPSA) is 66.8 Å². The number of likely N-dealkylation sites (N-methyl/N-ethyl adjacent to an activating group) is 1. The van der Waals surface area contributed by atoms with Crippen LogP contribution >= 0.6 is 0 Å². The Labute approximate surface area is 137 Å². The van der Waals surface area contributed by atoms with Crippen LogP contribution in [0.25, 0.3) is 0 Å². The number of nitrogens with zero attached hydrogens (tertiary/aromatic N) is 1. The molecular weight excluding hydrogens is 294 g/mol. The zero-order chi connectivity index (χ0) is 17.3. The summed E-state index contributed by atoms with van der Waals surface area (Å²) in [6.07, 6.45) is 0.587. The van der Waals surface area contributed by atoms with Crippen LogP contribution in [0.1, 0.15) is 39.2 Å². The summed E-state index contributed by atoms with van der Waals surface area (Å²) in [6, 6.07) is 9.35. The van der Waals surface area contributed by atoms with Gasteiger partial charge in [-0.05, 0) is 29.7 Å². The predicted molar refractivity (Wildman–Crippen MR) is 86.9 cm³/mol. The minimum absolute atomic E-state index is 0.119. The van der Waals surface area contributed by atoms with Crippen LogP contribution in [-0.2, 0) is 16.1 Å². The molecular formula is C18H25NO4. The molecule has 0 spiro atoms. The summed E-state index contributed by atoms with van der Waals surface area (Å²) in [5, 5.41) is 9.82. The van der Waals surface area contributed by atoms with Crippen molar-refractivity contribution in [3.63, 3.8) is 0 Å². The lowest BCUT2D eigenvalue weighted by Gasteiger charge is -2.38. The smallest absolute Gasteiger partial charge is 0.410 e. The molecule has 0 heterocycles. The van der Waals surface area contributed by atoms with Crippen molar-refractivity contribution in [2.24, 2.45) is 11.3 Å². The molecule has 1 aliphatic carbocycles. The average Bonchev–Trinajstić information content (AvgIpc) is 2.75. The highest BCUT2D eigenvalue weighted by atomic mass is 16.6. The number of carbonyl (C=O) groups is 2. The Morgan fingerprint density at radius 3 is 2.39 bits per heavy atom. The Kier molecular flexibility index (Phi) is 4.68. The maximum atomic E-state index is 12.4. The number of hydrogen-bond acceptors (Lipinski definition) is 3. The fourth-order valence-corrected chi connectivity index (χ4v) is 3.83. The van der Waals surface area contributed by atoms with Gasteiger partial charge in [-0.15, -0.1) is 0 Å². The fourth-order valence-electron chi connectivity index (χ4n) is 3.83. The van der Waals surface area contributed by atoms with Crippen LogP contribution in [0.4, 0.5) is 4.79 Å². The first-order valence-electron chi connectivity index (χ1n) is 7.87. The molecule has 1 aromatic rings. The molecule has 1 fully saturated rings. The molecule has 1 amide bonds. The van der Waals surface area contributed by atoms with Crippen LogP contribution in [0.3, 0.4) is 0 Å². The van der Waals surface area contributed by atoms with Gasteiger partial charge in [0.1, 0.15) is 12.1 Å². The molecule has 2 rings (SSSR count). The largest absolute Gasteiger partial charge is 0.479 e. The quantitative estimate of drug-likeness (QED) is 0.922. The van der Waals surface area contributed by atoms with E-state index in [1.54, 1.807) is 0 Å². The standard InChI is InChI=1S/C18H25NO4/c1-13-10-17(2,3)12-18(13,15(20)21)19(4)16(22)23-11-14-8-6-5-7-9-14/h5-9,13H,10-12H2,1-4H3,(H,20,21). The summed E-state index contributed by atoms with van der Waals surface area (Å²) >= 11 is 0. The minimum atomic E-state index is -1.21. The highest BCUT2D eigenvalue weighted by Gasteiger charge is 2.58. The van der Waals surface area contributed by atoms with Crippen LogP contribution in [0.2, 0.25) is 0 Å². The zero-order valence-corrected chi connectivity index (χ0v) is 14.2. The molecule has 126 valence electrons. The number of rotatable bonds is 4. The van der Waals surface area contributed by atoms with Gasteiger partial charge in [0.25, 0.3) is 0 Å². The summed E-state index contributed by atoms with van der Waals surface area (Å²) in [7, 11) is 1.53. The highest BCUT2D eigenvalue weighted by molar-refractivity contribution is 5.85. The third-order valence-corrected chi connectivity index (χ3v) is 4.87. The van der Waals surface area contributed by atoms with Crippen molar-refractivity contribution < 1.29 is 19.4 Å². The monoisotopic (exact) mass is 319 g/mol. The van der Waals surface area contributed by atoms with E-state index in [1.807, 2.05) is 51.1 Å². The van der Waals surface area contributed by atoms with Gasteiger partial charge in [0, 0.05) is 7.05 Å². The van der Waals surface area contributed by atoms with Gasteiger partial charge in [-0.2, -0.15) is 0 Å². The second-order valence-corrected chi connectivity index (χ2v) is 7.27. The van der Waals surface area contributed by atoms with Crippen molar-refractivity contribution in [1.82, 2.24) is 4.90 Å². The number of aliphatic carboxylic acids is 1. The first-order valence-corrected chi connectivity index (χ1v) is 7.87. The first kappa shape index (κ1) is 17.3. The second kappa shape index (κ2) is 6.22. The molecule has 2 atom stereocenters. The van der Waals surface area contributed by atoms with E-state index in [0.717, 1.165) is 12.0 Å². The molecule has 1 aliphatic rings. The molecule has 0 aliphatic heterocycles. The Morgan fingerprint density at radius 1 is 1.30 bits per heavy atom. The average molecular weight is 319 g/mol. The lowest BCUT2D eigenvalue weighted by atomic mass is 9.85. The lowest BCUT2D eigenvalue weighted by Crippen LogP contribution is -2.57. The molecule has 5 heteroatoms. The van der Waals surface area contributed by atoms with E-state index in [9.17, 15) is 14.7 Å². The van der Waals surface area contributed by atoms with Gasteiger partial charge < -0.3 is 9.84 Å². The van der Waals surface area contributed by atoms with E-state index in [4.69, 9.17) is 4.74 Å². The normalized spacial score (nSPS) is 25.8. The van der Waals surface area contributed by atoms with Gasteiger partial charge in [-0.25, -0.2) is 9.59 Å². The molecule has 0 aromatic heterocycles. The number of amides is 1. The lowest BCUT2D eigenvalue weighted by molar-refractivity contribution is -0.152. The van der Waals surface area contributed by atoms with Gasteiger partial charge in [-0.3, -0.25) is 4.90 Å². The van der Waals surface area contributed by atoms with Crippen molar-refractivity contribution in [2.75, 3.05) is 7.05 Å². The molecule has 5 nitrogen and oxygen atoms in total. The predicted octanol–water partition coefficient (Wildman–Crippen LogP) is 3.53. The van der Waals surface area contributed by atoms with Crippen LogP contribution in [0, 0.1) is 11.3 Å². The Balaban J connectivity index is 2.14. The van der Waals surface area contributed by atoms with Gasteiger partial charge in [0.15, 0.2) is 0 Å². The van der Waals surface area contributed by atoms with Crippen molar-refractivity contribution >= 4 is 12.1 Å². The van der Waals surface area contributed by atoms with Crippen molar-refractivity contribution in [3.05, 3.63) is 35.9 Å². The Hall–Kier alpha value is -2.04. The molecule has 1 saturated carbocycles. The number of carboxylic acids is 1. The van der Waals surface area contributed by atoms with E-state index < -0.39 is 17.6 Å². The molecule has 23 heavy (non-hydrogen) atoms. The van der Waals surface area contributed by atoms with Crippen LogP contribution in [0.5, 0.6) is 0 Å². The maximum Gasteiger partial charge on any atom is 0.410 e. The number of hydrogen-bond donors (Lipinski definition) is 1. The summed E-state index contributed by atoms with van der Waals surface area (Å²) in [6.45, 7) is 6.11. The van der Waals surface area contributed by atoms with E-state index in [-0.39, 0.29) is 17.9 Å². The van der Waals surface area contributed by atoms with E-state index in [1.165, 1.54) is 11.9 Å². The molecule has 2 unspecified atom stereocenters. The number of carbonyl (C=O) groups excluding carboxylic acids is 1. The molecule has 1 aromatic carbocycles. The Morgan fingerprint density at radius 2 is 1.91 bits per heavy atom. The molecule has 0 bridgehead atoms. The summed E-state index contributed by atoms with van der Waals surface area (Å²) in [5.74, 6) is -1.10. The Bertz CT molecular complexity index is 584. The van der Waals surface area contributed by atoms with Gasteiger partial charge in [0.05, 0.1) is 0 Å². The van der Waals surface area contributed by atoms with Crippen molar-refractivity contribution in [1.29, 1.82) is 0 Å². The van der Waals surface area contributed by atoms with Crippen LogP contribution in [-0.4, -0.2) is 34.7 Å². The number of benzene rings is 1. The third-order valence-electron chi connectivity index (χ3n) is 4.87. The van der Waals surface area contributed by atoms with Crippen LogP contribution < -0.4 is 0 Å². The highest BCUT2D eigenvalue weighted by Crippen LogP contribution is 2.50. The minimum Gasteiger partial charge on any atom is -0.479 e. The summed E-state index contributed by atoms with van der Waals surface area (Å²) in [4.78, 5) is 25.7. The molecule has 1 N–H and O–H groups in total. The second-order valence-electron chi connectivity index (χ2n) is 7.27. The third kappa shape index (κ3) is 3.33. The molecule has 0 saturated heterocycles. The van der Waals surface area contributed by atoms with E-state index in [0.29, 0.717) is 6.42 Å². The number of carboxylic acid groups (broad SMARTS) is 1. The van der Waals surface area contributed by atoms with Crippen molar-refractivity contribution in [2.45, 2.75) is 45.8 Å². The number of ether oxygens (including phenoxy) is 1. The fraction of sp³-hybridized carbons (Fsp3) is 0.556. The van der Waals surface area contributed by atoms with E-state index in [2.05, 4.69) is 0 Å². The SMILES string of the molecule is CC1CC(C)(C)CC1(C(=O)O)N(C)C(=O)OCc1ccccc1. The molecule has 0 radical (unpaired) electrons. The van der Waals surface area contributed by atoms with Crippen LogP contribution in [0.15, 0.2) is 30.3 Å².